The first-order valence-electron chi connectivity index (χ1n) is 8.31. The van der Waals surface area contributed by atoms with Crippen molar-refractivity contribution in [3.8, 4) is 0 Å². The van der Waals surface area contributed by atoms with Gasteiger partial charge in [0.25, 0.3) is 0 Å². The average molecular weight is 308 g/mol. The van der Waals surface area contributed by atoms with Gasteiger partial charge in [-0.25, -0.2) is 9.97 Å². The minimum Gasteiger partial charge on any atom is -0.316 e. The summed E-state index contributed by atoms with van der Waals surface area (Å²) < 4.78 is 0. The van der Waals surface area contributed by atoms with E-state index < -0.39 is 0 Å². The fourth-order valence-corrected chi connectivity index (χ4v) is 3.65. The van der Waals surface area contributed by atoms with Crippen LogP contribution in [0.4, 0.5) is 0 Å². The van der Waals surface area contributed by atoms with Crippen molar-refractivity contribution >= 4 is 11.8 Å². The highest BCUT2D eigenvalue weighted by Gasteiger charge is 2.20. The summed E-state index contributed by atoms with van der Waals surface area (Å²) in [5, 5.41) is 3.54. The Bertz CT molecular complexity index is 434. The van der Waals surface area contributed by atoms with Gasteiger partial charge in [0.05, 0.1) is 5.75 Å². The van der Waals surface area contributed by atoms with Gasteiger partial charge in [-0.05, 0) is 61.9 Å². The maximum absolute atomic E-state index is 4.79. The van der Waals surface area contributed by atoms with Crippen molar-refractivity contribution in [2.45, 2.75) is 52.2 Å². The van der Waals surface area contributed by atoms with Gasteiger partial charge in [-0.1, -0.05) is 20.8 Å². The Morgan fingerprint density at radius 2 is 2.29 bits per heavy atom. The van der Waals surface area contributed by atoms with Gasteiger partial charge in [0.15, 0.2) is 0 Å². The molecule has 1 atom stereocenters. The zero-order chi connectivity index (χ0) is 15.1. The van der Waals surface area contributed by atoms with E-state index in [1.807, 2.05) is 11.8 Å². The normalized spacial score (nSPS) is 18.0. The minimum atomic E-state index is 0.740. The molecule has 4 heteroatoms. The van der Waals surface area contributed by atoms with Crippen LogP contribution in [0, 0.1) is 11.8 Å². The Hall–Kier alpha value is -0.610. The number of rotatable bonds is 8. The lowest BCUT2D eigenvalue weighted by atomic mass is 9.87. The first-order valence-corrected chi connectivity index (χ1v) is 9.46. The van der Waals surface area contributed by atoms with E-state index in [9.17, 15) is 0 Å². The highest BCUT2D eigenvalue weighted by molar-refractivity contribution is 7.98. The molecule has 0 bridgehead atoms. The fourth-order valence-electron chi connectivity index (χ4n) is 2.74. The predicted molar refractivity (Wildman–Crippen MR) is 91.7 cm³/mol. The highest BCUT2D eigenvalue weighted by atomic mass is 32.2. The molecule has 21 heavy (non-hydrogen) atoms. The maximum Gasteiger partial charge on any atom is 0.138 e. The van der Waals surface area contributed by atoms with Crippen molar-refractivity contribution in [3.63, 3.8) is 0 Å². The number of aryl methyl sites for hydroxylation is 1. The van der Waals surface area contributed by atoms with Gasteiger partial charge in [-0.15, -0.1) is 0 Å². The third-order valence-corrected chi connectivity index (χ3v) is 5.21. The van der Waals surface area contributed by atoms with Gasteiger partial charge >= 0.3 is 0 Å². The molecule has 0 fully saturated rings. The highest BCUT2D eigenvalue weighted by Crippen LogP contribution is 2.24. The SMILES string of the molecule is CCCNCC1CCc2nc(CSCC(C)C)ncc2C1. The van der Waals surface area contributed by atoms with Gasteiger partial charge in [0.1, 0.15) is 5.82 Å². The van der Waals surface area contributed by atoms with Crippen molar-refractivity contribution < 1.29 is 0 Å². The molecule has 0 saturated carbocycles. The van der Waals surface area contributed by atoms with Crippen LogP contribution in [-0.4, -0.2) is 28.8 Å². The standard InChI is InChI=1S/C17H29N3S/c1-4-7-18-9-14-5-6-16-15(8-14)10-19-17(20-16)12-21-11-13(2)3/h10,13-14,18H,4-9,11-12H2,1-3H3. The lowest BCUT2D eigenvalue weighted by Crippen LogP contribution is -2.28. The lowest BCUT2D eigenvalue weighted by molar-refractivity contribution is 0.419. The number of nitrogens with zero attached hydrogens (tertiary/aromatic N) is 2. The van der Waals surface area contributed by atoms with Crippen molar-refractivity contribution in [1.82, 2.24) is 15.3 Å². The Kier molecular flexibility index (Phi) is 6.97. The molecule has 1 aromatic heterocycles. The van der Waals surface area contributed by atoms with E-state index in [4.69, 9.17) is 4.98 Å². The summed E-state index contributed by atoms with van der Waals surface area (Å²) in [5.74, 6) is 4.65. The first-order chi connectivity index (χ1) is 10.2. The molecule has 0 radical (unpaired) electrons. The van der Waals surface area contributed by atoms with Gasteiger partial charge in [-0.3, -0.25) is 0 Å². The van der Waals surface area contributed by atoms with Crippen LogP contribution < -0.4 is 5.32 Å². The molecule has 118 valence electrons. The van der Waals surface area contributed by atoms with Crippen LogP contribution in [0.3, 0.4) is 0 Å². The summed E-state index contributed by atoms with van der Waals surface area (Å²) in [7, 11) is 0. The molecule has 1 aliphatic rings. The predicted octanol–water partition coefficient (Wildman–Crippen LogP) is 3.47. The molecule has 2 rings (SSSR count). The third-order valence-electron chi connectivity index (χ3n) is 3.84. The second-order valence-corrected chi connectivity index (χ2v) is 7.51. The molecule has 1 heterocycles. The number of aromatic nitrogens is 2. The second-order valence-electron chi connectivity index (χ2n) is 6.48. The van der Waals surface area contributed by atoms with E-state index in [2.05, 4.69) is 37.3 Å². The second kappa shape index (κ2) is 8.74. The Labute approximate surface area is 133 Å². The van der Waals surface area contributed by atoms with E-state index in [0.29, 0.717) is 0 Å². The third kappa shape index (κ3) is 5.59. The van der Waals surface area contributed by atoms with E-state index >= 15 is 0 Å². The van der Waals surface area contributed by atoms with Gasteiger partial charge in [0, 0.05) is 11.9 Å². The molecule has 0 amide bonds. The van der Waals surface area contributed by atoms with E-state index in [-0.39, 0.29) is 0 Å². The number of nitrogens with one attached hydrogen (secondary N) is 1. The van der Waals surface area contributed by atoms with Crippen molar-refractivity contribution in [2.75, 3.05) is 18.8 Å². The van der Waals surface area contributed by atoms with Crippen LogP contribution >= 0.6 is 11.8 Å². The molecular formula is C17H29N3S. The maximum atomic E-state index is 4.79. The van der Waals surface area contributed by atoms with Crippen LogP contribution in [0.25, 0.3) is 0 Å². The van der Waals surface area contributed by atoms with Crippen molar-refractivity contribution in [2.24, 2.45) is 11.8 Å². The number of thioether (sulfide) groups is 1. The molecule has 1 aliphatic carbocycles. The number of fused-ring (bicyclic) bond motifs is 1. The van der Waals surface area contributed by atoms with Gasteiger partial charge in [-0.2, -0.15) is 11.8 Å². The molecule has 0 aliphatic heterocycles. The largest absolute Gasteiger partial charge is 0.316 e. The summed E-state index contributed by atoms with van der Waals surface area (Å²) in [6.07, 6.45) is 6.83. The molecule has 0 spiro atoms. The number of hydrogen-bond acceptors (Lipinski definition) is 4. The molecule has 3 nitrogen and oxygen atoms in total. The minimum absolute atomic E-state index is 0.740. The van der Waals surface area contributed by atoms with Crippen molar-refractivity contribution in [1.29, 1.82) is 0 Å². The van der Waals surface area contributed by atoms with Crippen molar-refractivity contribution in [3.05, 3.63) is 23.3 Å². The summed E-state index contributed by atoms with van der Waals surface area (Å²) in [4.78, 5) is 9.36. The molecule has 1 N–H and O–H groups in total. The Morgan fingerprint density at radius 1 is 1.43 bits per heavy atom. The average Bonchev–Trinajstić information content (AvgIpc) is 2.47. The number of hydrogen-bond donors (Lipinski definition) is 1. The van der Waals surface area contributed by atoms with Gasteiger partial charge in [0.2, 0.25) is 0 Å². The molecule has 1 aromatic rings. The Morgan fingerprint density at radius 3 is 3.05 bits per heavy atom. The first kappa shape index (κ1) is 16.8. The smallest absolute Gasteiger partial charge is 0.138 e. The Balaban J connectivity index is 1.85. The quantitative estimate of drug-likeness (QED) is 0.746. The van der Waals surface area contributed by atoms with E-state index in [1.165, 1.54) is 29.9 Å². The van der Waals surface area contributed by atoms with Crippen LogP contribution in [0.2, 0.25) is 0 Å². The molecule has 1 unspecified atom stereocenters. The van der Waals surface area contributed by atoms with E-state index in [1.54, 1.807) is 0 Å². The van der Waals surface area contributed by atoms with Crippen LogP contribution in [0.5, 0.6) is 0 Å². The van der Waals surface area contributed by atoms with Crippen LogP contribution in [-0.2, 0) is 18.6 Å². The molecule has 0 saturated heterocycles. The van der Waals surface area contributed by atoms with E-state index in [0.717, 1.165) is 49.3 Å². The lowest BCUT2D eigenvalue weighted by Gasteiger charge is -2.24. The zero-order valence-corrected chi connectivity index (χ0v) is 14.5. The zero-order valence-electron chi connectivity index (χ0n) is 13.7. The summed E-state index contributed by atoms with van der Waals surface area (Å²) in [6, 6.07) is 0. The van der Waals surface area contributed by atoms with Gasteiger partial charge < -0.3 is 5.32 Å². The van der Waals surface area contributed by atoms with Crippen LogP contribution in [0.15, 0.2) is 6.20 Å². The fraction of sp³-hybridized carbons (Fsp3) is 0.765. The summed E-state index contributed by atoms with van der Waals surface area (Å²) in [5.41, 5.74) is 2.68. The molecule has 0 aromatic carbocycles. The monoisotopic (exact) mass is 307 g/mol. The topological polar surface area (TPSA) is 37.8 Å². The summed E-state index contributed by atoms with van der Waals surface area (Å²) in [6.45, 7) is 9.00. The van der Waals surface area contributed by atoms with Crippen LogP contribution in [0.1, 0.15) is 50.7 Å². The summed E-state index contributed by atoms with van der Waals surface area (Å²) >= 11 is 1.94. The molecular weight excluding hydrogens is 278 g/mol.